The van der Waals surface area contributed by atoms with Gasteiger partial charge in [0, 0.05) is 11.8 Å². The van der Waals surface area contributed by atoms with Crippen molar-refractivity contribution in [1.82, 2.24) is 5.16 Å². The van der Waals surface area contributed by atoms with Gasteiger partial charge in [0.2, 0.25) is 0 Å². The Hall–Kier alpha value is -1.81. The van der Waals surface area contributed by atoms with E-state index in [1.165, 1.54) is 0 Å². The summed E-state index contributed by atoms with van der Waals surface area (Å²) in [6.45, 7) is 5.61. The van der Waals surface area contributed by atoms with Crippen LogP contribution in [0, 0.1) is 29.6 Å². The van der Waals surface area contributed by atoms with Gasteiger partial charge in [-0.2, -0.15) is 10.5 Å². The van der Waals surface area contributed by atoms with E-state index in [0.717, 1.165) is 6.42 Å². The summed E-state index contributed by atoms with van der Waals surface area (Å²) in [4.78, 5) is 0. The molecule has 1 aromatic heterocycles. The monoisotopic (exact) mass is 203 g/mol. The number of nitrogens with zero attached hydrogens (tertiary/aromatic N) is 3. The Morgan fingerprint density at radius 3 is 2.60 bits per heavy atom. The van der Waals surface area contributed by atoms with Gasteiger partial charge >= 0.3 is 0 Å². The number of nitriles is 2. The number of hydrogen-bond donors (Lipinski definition) is 0. The Bertz CT molecular complexity index is 436. The van der Waals surface area contributed by atoms with Gasteiger partial charge in [0.05, 0.1) is 11.8 Å². The van der Waals surface area contributed by atoms with Crippen molar-refractivity contribution in [2.45, 2.75) is 39.0 Å². The molecule has 78 valence electrons. The lowest BCUT2D eigenvalue weighted by Gasteiger charge is -2.21. The smallest absolute Gasteiger partial charge is 0.161 e. The molecule has 0 saturated carbocycles. The van der Waals surface area contributed by atoms with E-state index in [2.05, 4.69) is 17.3 Å². The highest BCUT2D eigenvalue weighted by Gasteiger charge is 2.32. The van der Waals surface area contributed by atoms with Crippen LogP contribution in [0.5, 0.6) is 0 Å². The zero-order chi connectivity index (χ0) is 11.5. The van der Waals surface area contributed by atoms with Gasteiger partial charge < -0.3 is 4.52 Å². The minimum atomic E-state index is -0.416. The zero-order valence-electron chi connectivity index (χ0n) is 9.16. The van der Waals surface area contributed by atoms with Crippen molar-refractivity contribution in [3.63, 3.8) is 0 Å². The molecule has 0 radical (unpaired) electrons. The molecule has 0 saturated heterocycles. The van der Waals surface area contributed by atoms with Crippen molar-refractivity contribution in [2.24, 2.45) is 0 Å². The largest absolute Gasteiger partial charge is 0.359 e. The summed E-state index contributed by atoms with van der Waals surface area (Å²) in [6.07, 6.45) is 1.07. The molecular formula is C11H13N3O. The predicted molar refractivity (Wildman–Crippen MR) is 53.8 cm³/mol. The second-order valence-electron chi connectivity index (χ2n) is 3.83. The van der Waals surface area contributed by atoms with E-state index < -0.39 is 5.41 Å². The first-order valence-electron chi connectivity index (χ1n) is 4.83. The van der Waals surface area contributed by atoms with Crippen LogP contribution in [-0.2, 0) is 5.41 Å². The third-order valence-corrected chi connectivity index (χ3v) is 2.77. The summed E-state index contributed by atoms with van der Waals surface area (Å²) < 4.78 is 5.17. The van der Waals surface area contributed by atoms with E-state index in [1.54, 1.807) is 6.92 Å². The molecule has 0 aliphatic rings. The van der Waals surface area contributed by atoms with E-state index in [-0.39, 0.29) is 0 Å². The third kappa shape index (κ3) is 1.85. The molecule has 0 aliphatic carbocycles. The van der Waals surface area contributed by atoms with Crippen LogP contribution in [0.25, 0.3) is 0 Å². The van der Waals surface area contributed by atoms with Gasteiger partial charge in [-0.25, -0.2) is 0 Å². The molecule has 15 heavy (non-hydrogen) atoms. The van der Waals surface area contributed by atoms with Gasteiger partial charge in [-0.1, -0.05) is 19.0 Å². The number of hydrogen-bond acceptors (Lipinski definition) is 4. The molecule has 0 spiro atoms. The van der Waals surface area contributed by atoms with E-state index >= 15 is 0 Å². The Morgan fingerprint density at radius 1 is 1.47 bits per heavy atom. The molecule has 1 aromatic rings. The summed E-state index contributed by atoms with van der Waals surface area (Å²) in [6, 6.07) is 4.20. The Labute approximate surface area is 89.1 Å². The van der Waals surface area contributed by atoms with Crippen molar-refractivity contribution in [2.75, 3.05) is 0 Å². The number of rotatable bonds is 3. The highest BCUT2D eigenvalue weighted by atomic mass is 16.5. The summed E-state index contributed by atoms with van der Waals surface area (Å²) in [5.41, 5.74) is 0.640. The second kappa shape index (κ2) is 4.14. The van der Waals surface area contributed by atoms with Gasteiger partial charge in [0.25, 0.3) is 0 Å². The predicted octanol–water partition coefficient (Wildman–Crippen LogP) is 2.44. The van der Waals surface area contributed by atoms with E-state index in [4.69, 9.17) is 15.0 Å². The molecular weight excluding hydrogens is 190 g/mol. The molecule has 0 N–H and O–H groups in total. The fraction of sp³-hybridized carbons (Fsp3) is 0.545. The highest BCUT2D eigenvalue weighted by molar-refractivity contribution is 5.39. The molecule has 0 fully saturated rings. The first-order chi connectivity index (χ1) is 7.09. The third-order valence-electron chi connectivity index (χ3n) is 2.77. The van der Waals surface area contributed by atoms with Crippen LogP contribution in [0.3, 0.4) is 0 Å². The molecule has 4 nitrogen and oxygen atoms in total. The maximum absolute atomic E-state index is 8.98. The van der Waals surface area contributed by atoms with Crippen LogP contribution in [0.15, 0.2) is 4.52 Å². The van der Waals surface area contributed by atoms with Crippen molar-refractivity contribution in [3.05, 3.63) is 17.0 Å². The standard InChI is InChI=1S/C11H13N3O/c1-4-11(3,5-6-12)10-9(7-13)8(2)14-15-10/h4-5H2,1-3H3. The van der Waals surface area contributed by atoms with Crippen molar-refractivity contribution < 1.29 is 4.52 Å². The van der Waals surface area contributed by atoms with Gasteiger partial charge in [0.15, 0.2) is 5.76 Å². The summed E-state index contributed by atoms with van der Waals surface area (Å²) in [5, 5.41) is 21.5. The van der Waals surface area contributed by atoms with Crippen LogP contribution in [0.4, 0.5) is 0 Å². The first kappa shape index (κ1) is 11.3. The minimum absolute atomic E-state index is 0.326. The summed E-state index contributed by atoms with van der Waals surface area (Å²) in [5.74, 6) is 0.534. The molecule has 0 bridgehead atoms. The quantitative estimate of drug-likeness (QED) is 0.756. The van der Waals surface area contributed by atoms with Crippen LogP contribution in [0.2, 0.25) is 0 Å². The molecule has 1 rings (SSSR count). The SMILES string of the molecule is CCC(C)(CC#N)c1onc(C)c1C#N. The average molecular weight is 203 g/mol. The Morgan fingerprint density at radius 2 is 2.13 bits per heavy atom. The number of aryl methyl sites for hydroxylation is 1. The van der Waals surface area contributed by atoms with Crippen LogP contribution in [-0.4, -0.2) is 5.16 Å². The summed E-state index contributed by atoms with van der Waals surface area (Å²) in [7, 11) is 0. The molecule has 1 unspecified atom stereocenters. The lowest BCUT2D eigenvalue weighted by Crippen LogP contribution is -2.20. The van der Waals surface area contributed by atoms with Crippen LogP contribution >= 0.6 is 0 Å². The second-order valence-corrected chi connectivity index (χ2v) is 3.83. The fourth-order valence-electron chi connectivity index (χ4n) is 1.45. The molecule has 1 atom stereocenters. The molecule has 0 aliphatic heterocycles. The first-order valence-corrected chi connectivity index (χ1v) is 4.83. The topological polar surface area (TPSA) is 73.6 Å². The normalized spacial score (nSPS) is 13.9. The highest BCUT2D eigenvalue weighted by Crippen LogP contribution is 2.34. The van der Waals surface area contributed by atoms with Gasteiger partial charge in [0.1, 0.15) is 11.6 Å². The van der Waals surface area contributed by atoms with Gasteiger partial charge in [-0.3, -0.25) is 0 Å². The molecule has 0 amide bonds. The number of aromatic nitrogens is 1. The van der Waals surface area contributed by atoms with Gasteiger partial charge in [-0.05, 0) is 13.3 Å². The van der Waals surface area contributed by atoms with Crippen molar-refractivity contribution in [3.8, 4) is 12.1 Å². The van der Waals surface area contributed by atoms with Crippen molar-refractivity contribution in [1.29, 1.82) is 10.5 Å². The molecule has 4 heteroatoms. The molecule has 1 heterocycles. The fourth-order valence-corrected chi connectivity index (χ4v) is 1.45. The van der Waals surface area contributed by atoms with Crippen LogP contribution in [0.1, 0.15) is 43.7 Å². The minimum Gasteiger partial charge on any atom is -0.359 e. The summed E-state index contributed by atoms with van der Waals surface area (Å²) >= 11 is 0. The lowest BCUT2D eigenvalue weighted by atomic mass is 9.80. The average Bonchev–Trinajstić information content (AvgIpc) is 2.60. The maximum atomic E-state index is 8.98. The van der Waals surface area contributed by atoms with Gasteiger partial charge in [-0.15, -0.1) is 0 Å². The van der Waals surface area contributed by atoms with Crippen LogP contribution < -0.4 is 0 Å². The lowest BCUT2D eigenvalue weighted by molar-refractivity contribution is 0.296. The van der Waals surface area contributed by atoms with E-state index in [0.29, 0.717) is 23.4 Å². The van der Waals surface area contributed by atoms with Crippen molar-refractivity contribution >= 4 is 0 Å². The van der Waals surface area contributed by atoms with E-state index in [1.807, 2.05) is 13.8 Å². The Kier molecular flexibility index (Phi) is 3.11. The Balaban J connectivity index is 3.26. The maximum Gasteiger partial charge on any atom is 0.161 e. The zero-order valence-corrected chi connectivity index (χ0v) is 9.16. The van der Waals surface area contributed by atoms with E-state index in [9.17, 15) is 0 Å². The molecule has 0 aromatic carbocycles.